The number of nitrogens with zero attached hydrogens (tertiary/aromatic N) is 1. The monoisotopic (exact) mass is 242 g/mol. The van der Waals surface area contributed by atoms with Gasteiger partial charge in [0.15, 0.2) is 0 Å². The van der Waals surface area contributed by atoms with E-state index in [4.69, 9.17) is 5.73 Å². The van der Waals surface area contributed by atoms with Crippen molar-refractivity contribution in [3.05, 3.63) is 59.9 Å². The van der Waals surface area contributed by atoms with E-state index in [1.165, 1.54) is 0 Å². The van der Waals surface area contributed by atoms with Crippen LogP contribution in [0.15, 0.2) is 48.8 Å². The number of carboxylic acids is 1. The highest BCUT2D eigenvalue weighted by Crippen LogP contribution is 2.22. The van der Waals surface area contributed by atoms with Crippen LogP contribution >= 0.6 is 0 Å². The first kappa shape index (κ1) is 12.1. The normalized spacial score (nSPS) is 12.0. The van der Waals surface area contributed by atoms with Gasteiger partial charge in [0.2, 0.25) is 0 Å². The number of pyridine rings is 1. The van der Waals surface area contributed by atoms with Crippen molar-refractivity contribution in [1.29, 1.82) is 0 Å². The maximum atomic E-state index is 11.3. The first-order chi connectivity index (χ1) is 8.66. The quantitative estimate of drug-likeness (QED) is 0.805. The van der Waals surface area contributed by atoms with Crippen molar-refractivity contribution in [2.45, 2.75) is 12.3 Å². The number of nitrogen functional groups attached to an aromatic ring is 1. The van der Waals surface area contributed by atoms with Gasteiger partial charge in [-0.25, -0.2) is 0 Å². The zero-order valence-electron chi connectivity index (χ0n) is 9.78. The van der Waals surface area contributed by atoms with Crippen LogP contribution in [0.4, 0.5) is 5.69 Å². The molecule has 0 unspecified atom stereocenters. The summed E-state index contributed by atoms with van der Waals surface area (Å²) < 4.78 is 0. The Morgan fingerprint density at radius 3 is 2.56 bits per heavy atom. The van der Waals surface area contributed by atoms with Gasteiger partial charge in [0.05, 0.1) is 5.92 Å². The second kappa shape index (κ2) is 5.31. The molecule has 0 aliphatic carbocycles. The molecule has 92 valence electrons. The van der Waals surface area contributed by atoms with Crippen LogP contribution in [0.3, 0.4) is 0 Å². The maximum absolute atomic E-state index is 11.3. The van der Waals surface area contributed by atoms with E-state index in [1.54, 1.807) is 42.7 Å². The molecule has 0 saturated carbocycles. The molecule has 0 radical (unpaired) electrons. The van der Waals surface area contributed by atoms with Gasteiger partial charge in [-0.3, -0.25) is 9.78 Å². The molecule has 1 atom stereocenters. The highest BCUT2D eigenvalue weighted by Gasteiger charge is 2.20. The van der Waals surface area contributed by atoms with Crippen LogP contribution in [0.2, 0.25) is 0 Å². The lowest BCUT2D eigenvalue weighted by Crippen LogP contribution is -2.14. The summed E-state index contributed by atoms with van der Waals surface area (Å²) in [4.78, 5) is 15.3. The average Bonchev–Trinajstić information content (AvgIpc) is 2.38. The highest BCUT2D eigenvalue weighted by atomic mass is 16.4. The zero-order valence-corrected chi connectivity index (χ0v) is 9.78. The van der Waals surface area contributed by atoms with Gasteiger partial charge in [0.1, 0.15) is 0 Å². The second-order valence-corrected chi connectivity index (χ2v) is 4.12. The van der Waals surface area contributed by atoms with Gasteiger partial charge in [-0.05, 0) is 35.7 Å². The molecule has 2 aromatic rings. The van der Waals surface area contributed by atoms with Crippen LogP contribution in [0.1, 0.15) is 17.0 Å². The molecule has 0 fully saturated rings. The molecule has 18 heavy (non-hydrogen) atoms. The number of benzene rings is 1. The van der Waals surface area contributed by atoms with Crippen LogP contribution in [0.25, 0.3) is 0 Å². The van der Waals surface area contributed by atoms with Crippen molar-refractivity contribution in [2.24, 2.45) is 0 Å². The molecule has 0 bridgehead atoms. The number of nitrogens with two attached hydrogens (primary N) is 1. The Balaban J connectivity index is 2.24. The lowest BCUT2D eigenvalue weighted by molar-refractivity contribution is -0.138. The average molecular weight is 242 g/mol. The number of aromatic nitrogens is 1. The van der Waals surface area contributed by atoms with Crippen LogP contribution in [-0.2, 0) is 11.2 Å². The number of anilines is 1. The largest absolute Gasteiger partial charge is 0.481 e. The Morgan fingerprint density at radius 2 is 2.00 bits per heavy atom. The lowest BCUT2D eigenvalue weighted by atomic mass is 9.92. The minimum absolute atomic E-state index is 0.424. The molecule has 1 aromatic carbocycles. The third kappa shape index (κ3) is 2.85. The lowest BCUT2D eigenvalue weighted by Gasteiger charge is -2.12. The number of hydrogen-bond donors (Lipinski definition) is 2. The summed E-state index contributed by atoms with van der Waals surface area (Å²) in [6, 6.07) is 10.6. The fraction of sp³-hybridized carbons (Fsp3) is 0.143. The third-order valence-electron chi connectivity index (χ3n) is 2.80. The standard InChI is InChI=1S/C14H14N2O2/c15-12-5-3-11(4-6-12)13(14(17)18)8-10-2-1-7-16-9-10/h1-7,9,13H,8,15H2,(H,17,18)/t13-/m1/s1. The number of hydrogen-bond acceptors (Lipinski definition) is 3. The number of rotatable bonds is 4. The summed E-state index contributed by atoms with van der Waals surface area (Å²) >= 11 is 0. The number of aliphatic carboxylic acids is 1. The predicted octanol–water partition coefficient (Wildman–Crippen LogP) is 2.07. The molecular weight excluding hydrogens is 228 g/mol. The van der Waals surface area contributed by atoms with Gasteiger partial charge in [-0.2, -0.15) is 0 Å². The molecule has 3 N–H and O–H groups in total. The molecule has 0 aliphatic rings. The van der Waals surface area contributed by atoms with E-state index in [-0.39, 0.29) is 0 Å². The molecule has 1 heterocycles. The van der Waals surface area contributed by atoms with Gasteiger partial charge in [-0.15, -0.1) is 0 Å². The minimum atomic E-state index is -0.844. The second-order valence-electron chi connectivity index (χ2n) is 4.12. The first-order valence-electron chi connectivity index (χ1n) is 5.64. The summed E-state index contributed by atoms with van der Waals surface area (Å²) in [6.45, 7) is 0. The molecular formula is C14H14N2O2. The molecule has 4 heteroatoms. The SMILES string of the molecule is Nc1ccc([C@@H](Cc2cccnc2)C(=O)O)cc1. The van der Waals surface area contributed by atoms with Crippen molar-refractivity contribution in [3.8, 4) is 0 Å². The van der Waals surface area contributed by atoms with Crippen LogP contribution in [0.5, 0.6) is 0 Å². The third-order valence-corrected chi connectivity index (χ3v) is 2.80. The Kier molecular flexibility index (Phi) is 3.57. The minimum Gasteiger partial charge on any atom is -0.481 e. The zero-order chi connectivity index (χ0) is 13.0. The summed E-state index contributed by atoms with van der Waals surface area (Å²) in [6.07, 6.45) is 3.78. The van der Waals surface area contributed by atoms with Gasteiger partial charge in [-0.1, -0.05) is 18.2 Å². The molecule has 0 amide bonds. The molecule has 0 spiro atoms. The van der Waals surface area contributed by atoms with E-state index in [0.29, 0.717) is 12.1 Å². The summed E-state index contributed by atoms with van der Waals surface area (Å²) in [5, 5.41) is 9.31. The van der Waals surface area contributed by atoms with Gasteiger partial charge in [0.25, 0.3) is 0 Å². The van der Waals surface area contributed by atoms with Gasteiger partial charge in [0, 0.05) is 18.1 Å². The highest BCUT2D eigenvalue weighted by molar-refractivity contribution is 5.76. The summed E-state index contributed by atoms with van der Waals surface area (Å²) in [7, 11) is 0. The summed E-state index contributed by atoms with van der Waals surface area (Å²) in [5.41, 5.74) is 7.88. The van der Waals surface area contributed by atoms with Crippen LogP contribution < -0.4 is 5.73 Å². The number of carbonyl (C=O) groups is 1. The van der Waals surface area contributed by atoms with Gasteiger partial charge >= 0.3 is 5.97 Å². The van der Waals surface area contributed by atoms with E-state index in [1.807, 2.05) is 6.07 Å². The molecule has 2 rings (SSSR count). The van der Waals surface area contributed by atoms with Crippen molar-refractivity contribution in [2.75, 3.05) is 5.73 Å². The maximum Gasteiger partial charge on any atom is 0.311 e. The van der Waals surface area contributed by atoms with E-state index < -0.39 is 11.9 Å². The van der Waals surface area contributed by atoms with E-state index >= 15 is 0 Å². The Hall–Kier alpha value is -2.36. The molecule has 1 aromatic heterocycles. The summed E-state index contributed by atoms with van der Waals surface area (Å²) in [5.74, 6) is -1.42. The Morgan fingerprint density at radius 1 is 1.28 bits per heavy atom. The molecule has 0 saturated heterocycles. The van der Waals surface area contributed by atoms with Crippen molar-refractivity contribution in [1.82, 2.24) is 4.98 Å². The Labute approximate surface area is 105 Å². The van der Waals surface area contributed by atoms with E-state index in [2.05, 4.69) is 4.98 Å². The van der Waals surface area contributed by atoms with Crippen molar-refractivity contribution < 1.29 is 9.90 Å². The fourth-order valence-electron chi connectivity index (χ4n) is 1.83. The van der Waals surface area contributed by atoms with Gasteiger partial charge < -0.3 is 10.8 Å². The topological polar surface area (TPSA) is 76.2 Å². The smallest absolute Gasteiger partial charge is 0.311 e. The number of carboxylic acid groups (broad SMARTS) is 1. The molecule has 0 aliphatic heterocycles. The predicted molar refractivity (Wildman–Crippen MR) is 69.2 cm³/mol. The van der Waals surface area contributed by atoms with Crippen LogP contribution in [0, 0.1) is 0 Å². The van der Waals surface area contributed by atoms with Crippen molar-refractivity contribution >= 4 is 11.7 Å². The van der Waals surface area contributed by atoms with E-state index in [0.717, 1.165) is 11.1 Å². The van der Waals surface area contributed by atoms with Crippen molar-refractivity contribution in [3.63, 3.8) is 0 Å². The Bertz CT molecular complexity index is 523. The fourth-order valence-corrected chi connectivity index (χ4v) is 1.83. The molecule has 4 nitrogen and oxygen atoms in total. The van der Waals surface area contributed by atoms with E-state index in [9.17, 15) is 9.90 Å². The first-order valence-corrected chi connectivity index (χ1v) is 5.64. The van der Waals surface area contributed by atoms with Crippen LogP contribution in [-0.4, -0.2) is 16.1 Å².